The SMILES string of the molecule is CCOC(=O)c1nn(C)cc1-c1cnc2ccc(NC(=O)NC3CCCC3)nc2c1. The largest absolute Gasteiger partial charge is 0.461 e. The third kappa shape index (κ3) is 4.24. The Morgan fingerprint density at radius 1 is 1.23 bits per heavy atom. The molecule has 4 rings (SSSR count). The maximum Gasteiger partial charge on any atom is 0.359 e. The van der Waals surface area contributed by atoms with Crippen molar-refractivity contribution in [2.24, 2.45) is 7.05 Å². The molecule has 3 aromatic heterocycles. The molecule has 9 heteroatoms. The van der Waals surface area contributed by atoms with E-state index < -0.39 is 5.97 Å². The fourth-order valence-electron chi connectivity index (χ4n) is 3.68. The number of esters is 1. The zero-order valence-electron chi connectivity index (χ0n) is 17.0. The highest BCUT2D eigenvalue weighted by molar-refractivity contribution is 5.96. The number of urea groups is 1. The average molecular weight is 408 g/mol. The van der Waals surface area contributed by atoms with Gasteiger partial charge in [0.15, 0.2) is 5.69 Å². The Morgan fingerprint density at radius 3 is 2.80 bits per heavy atom. The Morgan fingerprint density at radius 2 is 2.03 bits per heavy atom. The smallest absolute Gasteiger partial charge is 0.359 e. The fraction of sp³-hybridized carbons (Fsp3) is 0.381. The molecule has 0 unspecified atom stereocenters. The van der Waals surface area contributed by atoms with Crippen LogP contribution in [0.3, 0.4) is 0 Å². The second-order valence-corrected chi connectivity index (χ2v) is 7.32. The first-order valence-electron chi connectivity index (χ1n) is 10.1. The second-order valence-electron chi connectivity index (χ2n) is 7.32. The molecule has 0 atom stereocenters. The van der Waals surface area contributed by atoms with Crippen LogP contribution in [0.15, 0.2) is 30.6 Å². The highest BCUT2D eigenvalue weighted by Gasteiger charge is 2.20. The summed E-state index contributed by atoms with van der Waals surface area (Å²) in [6.07, 6.45) is 7.74. The number of fused-ring (bicyclic) bond motifs is 1. The Bertz CT molecular complexity index is 1090. The minimum absolute atomic E-state index is 0.227. The maximum absolute atomic E-state index is 12.2. The molecule has 156 valence electrons. The normalized spacial score (nSPS) is 14.1. The molecule has 0 radical (unpaired) electrons. The van der Waals surface area contributed by atoms with Crippen LogP contribution in [-0.4, -0.2) is 44.4 Å². The minimum atomic E-state index is -0.486. The standard InChI is InChI=1S/C21H24N6O3/c1-3-30-20(28)19-15(12-27(2)26-19)13-10-17-16(22-11-13)8-9-18(24-17)25-21(29)23-14-6-4-5-7-14/h8-12,14H,3-7H2,1-2H3,(H2,23,24,25,29). The number of hydrogen-bond acceptors (Lipinski definition) is 6. The van der Waals surface area contributed by atoms with Gasteiger partial charge in [0.2, 0.25) is 0 Å². The lowest BCUT2D eigenvalue weighted by Crippen LogP contribution is -2.36. The van der Waals surface area contributed by atoms with Crippen molar-refractivity contribution in [2.75, 3.05) is 11.9 Å². The van der Waals surface area contributed by atoms with Crippen molar-refractivity contribution in [3.05, 3.63) is 36.3 Å². The Balaban J connectivity index is 1.59. The van der Waals surface area contributed by atoms with Gasteiger partial charge in [-0.1, -0.05) is 12.8 Å². The topological polar surface area (TPSA) is 111 Å². The van der Waals surface area contributed by atoms with Gasteiger partial charge >= 0.3 is 12.0 Å². The molecule has 3 heterocycles. The summed E-state index contributed by atoms with van der Waals surface area (Å²) in [4.78, 5) is 33.4. The van der Waals surface area contributed by atoms with Crippen LogP contribution in [0.2, 0.25) is 0 Å². The number of aromatic nitrogens is 4. The quantitative estimate of drug-likeness (QED) is 0.627. The monoisotopic (exact) mass is 408 g/mol. The van der Waals surface area contributed by atoms with E-state index in [2.05, 4.69) is 25.7 Å². The van der Waals surface area contributed by atoms with Gasteiger partial charge in [-0.05, 0) is 38.0 Å². The summed E-state index contributed by atoms with van der Waals surface area (Å²) in [6, 6.07) is 5.31. The van der Waals surface area contributed by atoms with E-state index in [9.17, 15) is 9.59 Å². The molecule has 2 N–H and O–H groups in total. The summed E-state index contributed by atoms with van der Waals surface area (Å²) in [5.74, 6) is -0.0473. The molecule has 1 aliphatic carbocycles. The summed E-state index contributed by atoms with van der Waals surface area (Å²) >= 11 is 0. The lowest BCUT2D eigenvalue weighted by molar-refractivity contribution is 0.0519. The number of nitrogens with one attached hydrogen (secondary N) is 2. The van der Waals surface area contributed by atoms with Gasteiger partial charge in [-0.3, -0.25) is 15.0 Å². The van der Waals surface area contributed by atoms with E-state index in [1.165, 1.54) is 0 Å². The molecule has 0 bridgehead atoms. The molecule has 3 aromatic rings. The fourth-order valence-corrected chi connectivity index (χ4v) is 3.68. The first kappa shape index (κ1) is 19.8. The van der Waals surface area contributed by atoms with Crippen LogP contribution >= 0.6 is 0 Å². The molecule has 0 saturated heterocycles. The number of aryl methyl sites for hydroxylation is 1. The lowest BCUT2D eigenvalue weighted by Gasteiger charge is -2.12. The zero-order chi connectivity index (χ0) is 21.1. The van der Waals surface area contributed by atoms with E-state index in [0.29, 0.717) is 28.0 Å². The molecule has 0 aliphatic heterocycles. The number of amides is 2. The summed E-state index contributed by atoms with van der Waals surface area (Å²) in [5, 5.41) is 9.99. The van der Waals surface area contributed by atoms with E-state index >= 15 is 0 Å². The van der Waals surface area contributed by atoms with Crippen LogP contribution in [0.4, 0.5) is 10.6 Å². The third-order valence-corrected chi connectivity index (χ3v) is 5.08. The number of ether oxygens (including phenoxy) is 1. The van der Waals surface area contributed by atoms with Gasteiger partial charge in [-0.2, -0.15) is 5.10 Å². The molecule has 0 aromatic carbocycles. The number of nitrogens with zero attached hydrogens (tertiary/aromatic N) is 4. The Hall–Kier alpha value is -3.49. The molecule has 30 heavy (non-hydrogen) atoms. The molecular weight excluding hydrogens is 384 g/mol. The highest BCUT2D eigenvalue weighted by Crippen LogP contribution is 2.26. The first-order chi connectivity index (χ1) is 14.5. The summed E-state index contributed by atoms with van der Waals surface area (Å²) < 4.78 is 6.66. The first-order valence-corrected chi connectivity index (χ1v) is 10.1. The Labute approximate surface area is 173 Å². The number of rotatable bonds is 5. The summed E-state index contributed by atoms with van der Waals surface area (Å²) in [6.45, 7) is 2.02. The van der Waals surface area contributed by atoms with Gasteiger partial charge < -0.3 is 10.1 Å². The molecule has 1 saturated carbocycles. The molecule has 9 nitrogen and oxygen atoms in total. The third-order valence-electron chi connectivity index (χ3n) is 5.08. The van der Waals surface area contributed by atoms with Gasteiger partial charge in [-0.15, -0.1) is 0 Å². The van der Waals surface area contributed by atoms with Crippen molar-refractivity contribution in [3.63, 3.8) is 0 Å². The van der Waals surface area contributed by atoms with Gasteiger partial charge in [-0.25, -0.2) is 14.6 Å². The van der Waals surface area contributed by atoms with Crippen LogP contribution < -0.4 is 10.6 Å². The zero-order valence-corrected chi connectivity index (χ0v) is 17.0. The van der Waals surface area contributed by atoms with Crippen LogP contribution in [0.1, 0.15) is 43.1 Å². The maximum atomic E-state index is 12.2. The lowest BCUT2D eigenvalue weighted by atomic mass is 10.1. The number of carbonyl (C=O) groups is 2. The average Bonchev–Trinajstić information content (AvgIpc) is 3.37. The van der Waals surface area contributed by atoms with Gasteiger partial charge in [0.1, 0.15) is 5.82 Å². The van der Waals surface area contributed by atoms with Crippen LogP contribution in [-0.2, 0) is 11.8 Å². The molecule has 1 fully saturated rings. The van der Waals surface area contributed by atoms with Crippen LogP contribution in [0.25, 0.3) is 22.2 Å². The molecule has 1 aliphatic rings. The summed E-state index contributed by atoms with van der Waals surface area (Å²) in [7, 11) is 1.74. The number of hydrogen-bond donors (Lipinski definition) is 2. The van der Waals surface area contributed by atoms with Gasteiger partial charge in [0.05, 0.1) is 17.6 Å². The Kier molecular flexibility index (Phi) is 5.60. The molecule has 2 amide bonds. The number of carbonyl (C=O) groups excluding carboxylic acids is 2. The number of pyridine rings is 2. The van der Waals surface area contributed by atoms with Crippen LogP contribution in [0.5, 0.6) is 0 Å². The van der Waals surface area contributed by atoms with Crippen molar-refractivity contribution in [1.29, 1.82) is 0 Å². The van der Waals surface area contributed by atoms with Crippen molar-refractivity contribution >= 4 is 28.9 Å². The van der Waals surface area contributed by atoms with E-state index in [1.54, 1.807) is 43.2 Å². The minimum Gasteiger partial charge on any atom is -0.461 e. The van der Waals surface area contributed by atoms with Crippen molar-refractivity contribution in [1.82, 2.24) is 25.1 Å². The van der Waals surface area contributed by atoms with Gasteiger partial charge in [0, 0.05) is 36.6 Å². The van der Waals surface area contributed by atoms with E-state index in [0.717, 1.165) is 25.7 Å². The van der Waals surface area contributed by atoms with Crippen molar-refractivity contribution in [2.45, 2.75) is 38.6 Å². The predicted octanol–water partition coefficient (Wildman–Crippen LogP) is 3.27. The second kappa shape index (κ2) is 8.48. The molecule has 0 spiro atoms. The predicted molar refractivity (Wildman–Crippen MR) is 112 cm³/mol. The summed E-state index contributed by atoms with van der Waals surface area (Å²) in [5.41, 5.74) is 2.82. The highest BCUT2D eigenvalue weighted by atomic mass is 16.5. The van der Waals surface area contributed by atoms with E-state index in [1.807, 2.05) is 6.07 Å². The van der Waals surface area contributed by atoms with Crippen LogP contribution in [0, 0.1) is 0 Å². The van der Waals surface area contributed by atoms with Gasteiger partial charge in [0.25, 0.3) is 0 Å². The van der Waals surface area contributed by atoms with E-state index in [-0.39, 0.29) is 24.4 Å². The van der Waals surface area contributed by atoms with Crippen molar-refractivity contribution < 1.29 is 14.3 Å². The van der Waals surface area contributed by atoms with Crippen molar-refractivity contribution in [3.8, 4) is 11.1 Å². The molecular formula is C21H24N6O3. The van der Waals surface area contributed by atoms with E-state index in [4.69, 9.17) is 4.74 Å². The number of anilines is 1.